The Balaban J connectivity index is 1.67. The molecule has 0 atom stereocenters. The standard InChI is InChI=1S/C12H16Br2N2/c13-10-2-1-9(12(14)7-10)8-15-5-6-16-11-3-4-11/h1-2,7,11,15-16H,3-6,8H2. The van der Waals surface area contributed by atoms with Crippen LogP contribution in [-0.2, 0) is 6.54 Å². The molecular formula is C12H16Br2N2. The van der Waals surface area contributed by atoms with Crippen molar-refractivity contribution in [2.75, 3.05) is 13.1 Å². The lowest BCUT2D eigenvalue weighted by Gasteiger charge is -2.07. The lowest BCUT2D eigenvalue weighted by Crippen LogP contribution is -2.28. The summed E-state index contributed by atoms with van der Waals surface area (Å²) in [6, 6.07) is 7.10. The van der Waals surface area contributed by atoms with Gasteiger partial charge in [-0.2, -0.15) is 0 Å². The van der Waals surface area contributed by atoms with E-state index in [9.17, 15) is 0 Å². The first-order valence-electron chi connectivity index (χ1n) is 5.64. The van der Waals surface area contributed by atoms with Gasteiger partial charge in [0, 0.05) is 34.6 Å². The van der Waals surface area contributed by atoms with E-state index in [1.165, 1.54) is 18.4 Å². The zero-order chi connectivity index (χ0) is 11.4. The molecule has 2 rings (SSSR count). The first-order chi connectivity index (χ1) is 7.75. The van der Waals surface area contributed by atoms with Crippen molar-refractivity contribution in [3.05, 3.63) is 32.7 Å². The summed E-state index contributed by atoms with van der Waals surface area (Å²) >= 11 is 7.02. The van der Waals surface area contributed by atoms with Crippen molar-refractivity contribution in [2.45, 2.75) is 25.4 Å². The predicted molar refractivity (Wildman–Crippen MR) is 74.6 cm³/mol. The molecule has 0 bridgehead atoms. The van der Waals surface area contributed by atoms with Crippen molar-refractivity contribution in [3.8, 4) is 0 Å². The van der Waals surface area contributed by atoms with Crippen LogP contribution < -0.4 is 10.6 Å². The molecule has 0 aromatic heterocycles. The third kappa shape index (κ3) is 4.17. The number of benzene rings is 1. The number of hydrogen-bond donors (Lipinski definition) is 2. The quantitative estimate of drug-likeness (QED) is 0.773. The number of hydrogen-bond acceptors (Lipinski definition) is 2. The highest BCUT2D eigenvalue weighted by Gasteiger charge is 2.19. The minimum absolute atomic E-state index is 0.807. The Labute approximate surface area is 113 Å². The largest absolute Gasteiger partial charge is 0.313 e. The summed E-state index contributed by atoms with van der Waals surface area (Å²) in [5.74, 6) is 0. The highest BCUT2D eigenvalue weighted by Crippen LogP contribution is 2.21. The Bertz CT molecular complexity index is 351. The molecule has 0 amide bonds. The van der Waals surface area contributed by atoms with Gasteiger partial charge in [0.05, 0.1) is 0 Å². The average molecular weight is 348 g/mol. The second kappa shape index (κ2) is 6.15. The van der Waals surface area contributed by atoms with Crippen LogP contribution in [0.2, 0.25) is 0 Å². The molecule has 1 saturated carbocycles. The van der Waals surface area contributed by atoms with E-state index >= 15 is 0 Å². The SMILES string of the molecule is Brc1ccc(CNCCNC2CC2)c(Br)c1. The molecule has 1 fully saturated rings. The van der Waals surface area contributed by atoms with E-state index in [0.29, 0.717) is 0 Å². The smallest absolute Gasteiger partial charge is 0.0231 e. The first kappa shape index (κ1) is 12.6. The van der Waals surface area contributed by atoms with E-state index in [0.717, 1.165) is 34.6 Å². The third-order valence-electron chi connectivity index (χ3n) is 2.64. The second-order valence-electron chi connectivity index (χ2n) is 4.14. The Hall–Kier alpha value is 0.1000. The van der Waals surface area contributed by atoms with Gasteiger partial charge in [-0.25, -0.2) is 0 Å². The Morgan fingerprint density at radius 1 is 1.19 bits per heavy atom. The molecule has 16 heavy (non-hydrogen) atoms. The molecule has 0 unspecified atom stereocenters. The molecule has 2 nitrogen and oxygen atoms in total. The van der Waals surface area contributed by atoms with Gasteiger partial charge in [0.1, 0.15) is 0 Å². The van der Waals surface area contributed by atoms with Crippen molar-refractivity contribution in [3.63, 3.8) is 0 Å². The summed E-state index contributed by atoms with van der Waals surface area (Å²) in [7, 11) is 0. The van der Waals surface area contributed by atoms with Gasteiger partial charge in [0.25, 0.3) is 0 Å². The van der Waals surface area contributed by atoms with Crippen LogP contribution in [0.1, 0.15) is 18.4 Å². The minimum Gasteiger partial charge on any atom is -0.313 e. The molecule has 0 aliphatic heterocycles. The molecular weight excluding hydrogens is 332 g/mol. The summed E-state index contributed by atoms with van der Waals surface area (Å²) < 4.78 is 2.27. The molecule has 1 aliphatic carbocycles. The number of nitrogens with one attached hydrogen (secondary N) is 2. The second-order valence-corrected chi connectivity index (χ2v) is 5.91. The molecule has 88 valence electrons. The summed E-state index contributed by atoms with van der Waals surface area (Å²) in [6.45, 7) is 3.01. The Morgan fingerprint density at radius 3 is 2.69 bits per heavy atom. The van der Waals surface area contributed by atoms with Crippen molar-refractivity contribution < 1.29 is 0 Å². The molecule has 4 heteroatoms. The number of halogens is 2. The summed E-state index contributed by atoms with van der Waals surface area (Å²) in [5, 5.41) is 6.92. The van der Waals surface area contributed by atoms with Crippen molar-refractivity contribution in [1.82, 2.24) is 10.6 Å². The molecule has 0 radical (unpaired) electrons. The van der Waals surface area contributed by atoms with Crippen LogP contribution >= 0.6 is 31.9 Å². The van der Waals surface area contributed by atoms with Crippen LogP contribution in [0.25, 0.3) is 0 Å². The zero-order valence-corrected chi connectivity index (χ0v) is 12.3. The van der Waals surface area contributed by atoms with E-state index < -0.39 is 0 Å². The average Bonchev–Trinajstić information content (AvgIpc) is 3.04. The van der Waals surface area contributed by atoms with E-state index in [2.05, 4.69) is 60.7 Å². The van der Waals surface area contributed by atoms with Crippen molar-refractivity contribution in [2.24, 2.45) is 0 Å². The molecule has 0 saturated heterocycles. The summed E-state index contributed by atoms with van der Waals surface area (Å²) in [4.78, 5) is 0. The van der Waals surface area contributed by atoms with Gasteiger partial charge >= 0.3 is 0 Å². The normalized spacial score (nSPS) is 15.4. The summed E-state index contributed by atoms with van der Waals surface area (Å²) in [5.41, 5.74) is 1.30. The topological polar surface area (TPSA) is 24.1 Å². The highest BCUT2D eigenvalue weighted by molar-refractivity contribution is 9.11. The fraction of sp³-hybridized carbons (Fsp3) is 0.500. The zero-order valence-electron chi connectivity index (χ0n) is 9.10. The molecule has 0 heterocycles. The van der Waals surface area contributed by atoms with Crippen LogP contribution in [0, 0.1) is 0 Å². The fourth-order valence-electron chi connectivity index (χ4n) is 1.54. The maximum absolute atomic E-state index is 3.56. The van der Waals surface area contributed by atoms with Crippen LogP contribution in [0.15, 0.2) is 27.1 Å². The van der Waals surface area contributed by atoms with Crippen LogP contribution in [0.3, 0.4) is 0 Å². The predicted octanol–water partition coefficient (Wildman–Crippen LogP) is 3.05. The van der Waals surface area contributed by atoms with Gasteiger partial charge in [-0.15, -0.1) is 0 Å². The van der Waals surface area contributed by atoms with Crippen LogP contribution in [0.5, 0.6) is 0 Å². The molecule has 1 aromatic carbocycles. The first-order valence-corrected chi connectivity index (χ1v) is 7.22. The van der Waals surface area contributed by atoms with Crippen LogP contribution in [-0.4, -0.2) is 19.1 Å². The third-order valence-corrected chi connectivity index (χ3v) is 3.87. The van der Waals surface area contributed by atoms with Gasteiger partial charge in [-0.1, -0.05) is 37.9 Å². The Morgan fingerprint density at radius 2 is 2.00 bits per heavy atom. The maximum atomic E-state index is 3.56. The molecule has 1 aromatic rings. The molecule has 1 aliphatic rings. The molecule has 2 N–H and O–H groups in total. The minimum atomic E-state index is 0.807. The number of rotatable bonds is 6. The lowest BCUT2D eigenvalue weighted by atomic mass is 10.2. The maximum Gasteiger partial charge on any atom is 0.0231 e. The highest BCUT2D eigenvalue weighted by atomic mass is 79.9. The van der Waals surface area contributed by atoms with Crippen molar-refractivity contribution in [1.29, 1.82) is 0 Å². The van der Waals surface area contributed by atoms with Gasteiger partial charge in [-0.05, 0) is 30.5 Å². The Kier molecular flexibility index (Phi) is 4.82. The van der Waals surface area contributed by atoms with E-state index in [1.807, 2.05) is 0 Å². The van der Waals surface area contributed by atoms with E-state index in [4.69, 9.17) is 0 Å². The van der Waals surface area contributed by atoms with Gasteiger partial charge in [0.2, 0.25) is 0 Å². The van der Waals surface area contributed by atoms with Crippen LogP contribution in [0.4, 0.5) is 0 Å². The van der Waals surface area contributed by atoms with Gasteiger partial charge in [0.15, 0.2) is 0 Å². The monoisotopic (exact) mass is 346 g/mol. The summed E-state index contributed by atoms with van der Waals surface area (Å²) in [6.07, 6.45) is 2.72. The van der Waals surface area contributed by atoms with E-state index in [-0.39, 0.29) is 0 Å². The lowest BCUT2D eigenvalue weighted by molar-refractivity contribution is 0.608. The fourth-order valence-corrected chi connectivity index (χ4v) is 2.73. The van der Waals surface area contributed by atoms with Gasteiger partial charge in [-0.3, -0.25) is 0 Å². The van der Waals surface area contributed by atoms with Gasteiger partial charge < -0.3 is 10.6 Å². The molecule has 0 spiro atoms. The van der Waals surface area contributed by atoms with E-state index in [1.54, 1.807) is 0 Å². The van der Waals surface area contributed by atoms with Crippen molar-refractivity contribution >= 4 is 31.9 Å².